The molecule has 12 N–H and O–H groups in total. The number of carbonyl (C=O) groups excluding carboxylic acids is 7. The van der Waals surface area contributed by atoms with Crippen LogP contribution in [0.1, 0.15) is 11.4 Å². The Kier molecular flexibility index (Phi) is 17.1. The number of hydrogen-bond donors (Lipinski definition) is 13. The molecule has 0 unspecified atom stereocenters. The Labute approximate surface area is 289 Å². The fourth-order valence-electron chi connectivity index (χ4n) is 3.89. The van der Waals surface area contributed by atoms with Gasteiger partial charge in [0.05, 0.1) is 38.8 Å². The van der Waals surface area contributed by atoms with E-state index in [0.717, 1.165) is 0 Å². The second-order valence-corrected chi connectivity index (χ2v) is 10.8. The van der Waals surface area contributed by atoms with Gasteiger partial charge < -0.3 is 58.0 Å². The minimum absolute atomic E-state index is 0.0286. The second-order valence-electron chi connectivity index (χ2n) is 10.1. The number of aromatic amines is 2. The molecule has 0 aliphatic rings. The van der Waals surface area contributed by atoms with Crippen LogP contribution < -0.4 is 43.0 Å². The van der Waals surface area contributed by atoms with Crippen LogP contribution in [0.15, 0.2) is 25.0 Å². The molecule has 7 amide bonds. The molecule has 2 rings (SSSR count). The molecule has 4 atom stereocenters. The smallest absolute Gasteiger partial charge is 0.327 e. The third-order valence-electron chi connectivity index (χ3n) is 6.37. The van der Waals surface area contributed by atoms with Gasteiger partial charge in [-0.05, 0) is 0 Å². The van der Waals surface area contributed by atoms with Crippen LogP contribution in [0.4, 0.5) is 0 Å². The van der Waals surface area contributed by atoms with Crippen molar-refractivity contribution in [2.45, 2.75) is 37.0 Å². The zero-order valence-corrected chi connectivity index (χ0v) is 27.6. The molecule has 0 fully saturated rings. The number of imidazole rings is 2. The highest BCUT2D eigenvalue weighted by Gasteiger charge is 2.26. The van der Waals surface area contributed by atoms with E-state index in [1.807, 2.05) is 0 Å². The lowest BCUT2D eigenvalue weighted by atomic mass is 10.1. The predicted molar refractivity (Wildman–Crippen MR) is 176 cm³/mol. The Balaban J connectivity index is 1.93. The summed E-state index contributed by atoms with van der Waals surface area (Å²) in [4.78, 5) is 112. The van der Waals surface area contributed by atoms with Gasteiger partial charge in [-0.25, -0.2) is 14.8 Å². The van der Waals surface area contributed by atoms with E-state index in [1.165, 1.54) is 25.0 Å². The molecule has 2 aromatic rings. The number of nitrogens with zero attached hydrogens (tertiary/aromatic N) is 2. The predicted octanol–water partition coefficient (Wildman–Crippen LogP) is -5.89. The van der Waals surface area contributed by atoms with Crippen LogP contribution in [0, 0.1) is 0 Å². The van der Waals surface area contributed by atoms with Crippen molar-refractivity contribution in [3.8, 4) is 0 Å². The van der Waals surface area contributed by atoms with Gasteiger partial charge in [0, 0.05) is 48.1 Å². The zero-order valence-electron chi connectivity index (χ0n) is 25.9. The largest absolute Gasteiger partial charge is 0.480 e. The molecule has 0 aliphatic heterocycles. The molecule has 21 nitrogen and oxygen atoms in total. The SMILES string of the molecule is NCC(=O)N[C@@H](Cc1cnc[nH]1)C(=O)NCC(=O)N[C@@H](Cc1cnc[nH]1)C(=O)NCC(=O)N[C@@H](CS)C(=O)NCC(=O)N[C@@H](CS)C(=O)O. The average Bonchev–Trinajstić information content (AvgIpc) is 3.80. The number of nitrogens with two attached hydrogens (primary N) is 1. The highest BCUT2D eigenvalue weighted by Crippen LogP contribution is 2.01. The fourth-order valence-corrected chi connectivity index (χ4v) is 4.40. The van der Waals surface area contributed by atoms with Crippen molar-refractivity contribution in [1.29, 1.82) is 0 Å². The summed E-state index contributed by atoms with van der Waals surface area (Å²) in [6.45, 7) is -2.16. The first kappa shape index (κ1) is 40.0. The van der Waals surface area contributed by atoms with E-state index in [4.69, 9.17) is 10.8 Å². The van der Waals surface area contributed by atoms with E-state index >= 15 is 0 Å². The number of hydrogen-bond acceptors (Lipinski definition) is 13. The molecule has 2 heterocycles. The zero-order chi connectivity index (χ0) is 36.3. The number of carboxylic acids is 1. The summed E-state index contributed by atoms with van der Waals surface area (Å²) in [7, 11) is 0. The molecular formula is C26H38N12O9S2. The Morgan fingerprint density at radius 1 is 0.633 bits per heavy atom. The number of aliphatic carboxylic acids is 1. The van der Waals surface area contributed by atoms with Gasteiger partial charge in [0.15, 0.2) is 0 Å². The first-order chi connectivity index (χ1) is 23.4. The molecule has 0 saturated carbocycles. The van der Waals surface area contributed by atoms with Crippen LogP contribution in [-0.2, 0) is 51.2 Å². The Morgan fingerprint density at radius 2 is 1.00 bits per heavy atom. The van der Waals surface area contributed by atoms with Gasteiger partial charge in [-0.3, -0.25) is 33.6 Å². The van der Waals surface area contributed by atoms with E-state index < -0.39 is 91.1 Å². The number of carbonyl (C=O) groups is 8. The molecule has 0 aromatic carbocycles. The maximum Gasteiger partial charge on any atom is 0.327 e. The summed E-state index contributed by atoms with van der Waals surface area (Å²) < 4.78 is 0. The van der Waals surface area contributed by atoms with Crippen molar-refractivity contribution in [2.75, 3.05) is 37.7 Å². The van der Waals surface area contributed by atoms with Crippen molar-refractivity contribution in [3.63, 3.8) is 0 Å². The summed E-state index contributed by atoms with van der Waals surface area (Å²) in [6.07, 6.45) is 5.56. The minimum Gasteiger partial charge on any atom is -0.480 e. The molecule has 0 spiro atoms. The Morgan fingerprint density at radius 3 is 1.35 bits per heavy atom. The van der Waals surface area contributed by atoms with E-state index in [-0.39, 0.29) is 30.9 Å². The van der Waals surface area contributed by atoms with Gasteiger partial charge in [0.1, 0.15) is 24.2 Å². The van der Waals surface area contributed by atoms with Gasteiger partial charge >= 0.3 is 5.97 Å². The van der Waals surface area contributed by atoms with Gasteiger partial charge in [0.25, 0.3) is 0 Å². The van der Waals surface area contributed by atoms with Crippen LogP contribution in [-0.4, -0.2) is 134 Å². The normalized spacial score (nSPS) is 13.0. The van der Waals surface area contributed by atoms with E-state index in [2.05, 4.69) is 82.4 Å². The van der Waals surface area contributed by atoms with Crippen LogP contribution >= 0.6 is 25.3 Å². The first-order valence-corrected chi connectivity index (χ1v) is 15.7. The van der Waals surface area contributed by atoms with Crippen molar-refractivity contribution in [2.24, 2.45) is 5.73 Å². The third kappa shape index (κ3) is 14.6. The molecule has 0 bridgehead atoms. The quantitative estimate of drug-likeness (QED) is 0.0535. The topological polar surface area (TPSA) is 324 Å². The van der Waals surface area contributed by atoms with Crippen molar-refractivity contribution >= 4 is 72.6 Å². The van der Waals surface area contributed by atoms with Gasteiger partial charge in [0.2, 0.25) is 41.4 Å². The average molecular weight is 727 g/mol. The van der Waals surface area contributed by atoms with Gasteiger partial charge in [-0.15, -0.1) is 0 Å². The fraction of sp³-hybridized carbons (Fsp3) is 0.462. The number of aromatic nitrogens is 4. The van der Waals surface area contributed by atoms with Gasteiger partial charge in [-0.2, -0.15) is 25.3 Å². The molecule has 49 heavy (non-hydrogen) atoms. The van der Waals surface area contributed by atoms with Crippen molar-refractivity contribution < 1.29 is 43.5 Å². The number of rotatable bonds is 21. The Bertz CT molecular complexity index is 1440. The number of amides is 7. The molecule has 0 aliphatic carbocycles. The van der Waals surface area contributed by atoms with E-state index in [0.29, 0.717) is 11.4 Å². The molecule has 23 heteroatoms. The number of H-pyrrole nitrogens is 2. The summed E-state index contributed by atoms with van der Waals surface area (Å²) in [5, 5.41) is 25.4. The second kappa shape index (κ2) is 20.9. The molecular weight excluding hydrogens is 688 g/mol. The number of thiol groups is 2. The third-order valence-corrected chi connectivity index (χ3v) is 7.10. The molecule has 0 saturated heterocycles. The summed E-state index contributed by atoms with van der Waals surface area (Å²) in [5.41, 5.74) is 6.33. The van der Waals surface area contributed by atoms with Crippen LogP contribution in [0.2, 0.25) is 0 Å². The lowest BCUT2D eigenvalue weighted by Gasteiger charge is -2.20. The lowest BCUT2D eigenvalue weighted by Crippen LogP contribution is -2.55. The van der Waals surface area contributed by atoms with E-state index in [9.17, 15) is 38.4 Å². The van der Waals surface area contributed by atoms with Crippen molar-refractivity contribution in [3.05, 3.63) is 36.4 Å². The summed E-state index contributed by atoms with van der Waals surface area (Å²) >= 11 is 7.85. The van der Waals surface area contributed by atoms with Crippen LogP contribution in [0.3, 0.4) is 0 Å². The molecule has 2 aromatic heterocycles. The molecule has 268 valence electrons. The Hall–Kier alpha value is -5.16. The summed E-state index contributed by atoms with van der Waals surface area (Å²) in [5.74, 6) is -6.97. The lowest BCUT2D eigenvalue weighted by molar-refractivity contribution is -0.141. The number of nitrogens with one attached hydrogen (secondary N) is 9. The highest BCUT2D eigenvalue weighted by molar-refractivity contribution is 7.80. The monoisotopic (exact) mass is 726 g/mol. The maximum absolute atomic E-state index is 13.0. The minimum atomic E-state index is -1.31. The first-order valence-electron chi connectivity index (χ1n) is 14.5. The van der Waals surface area contributed by atoms with Gasteiger partial charge in [-0.1, -0.05) is 0 Å². The van der Waals surface area contributed by atoms with E-state index in [1.54, 1.807) is 0 Å². The van der Waals surface area contributed by atoms with Crippen LogP contribution in [0.5, 0.6) is 0 Å². The highest BCUT2D eigenvalue weighted by atomic mass is 32.1. The number of carboxylic acid groups (broad SMARTS) is 1. The summed E-state index contributed by atoms with van der Waals surface area (Å²) in [6, 6.07) is -4.82. The molecule has 0 radical (unpaired) electrons. The standard InChI is InChI=1S/C26H38N12O9S2/c27-3-19(39)35-15(1-13-4-28-11-33-13)23(43)30-6-20(40)36-16(2-14-5-29-12-34-14)24(44)31-7-21(41)37-17(9-48)25(45)32-8-22(42)38-18(10-49)26(46)47/h4-5,11-12,15-18,48-49H,1-3,6-10,27H2,(H,28,33)(H,29,34)(H,30,43)(H,31,44)(H,32,45)(H,35,39)(H,36,40)(H,37,41)(H,38,42)(H,46,47)/t15-,16-,17-,18-/m0/s1. The van der Waals surface area contributed by atoms with Crippen LogP contribution in [0.25, 0.3) is 0 Å². The van der Waals surface area contributed by atoms with Crippen molar-refractivity contribution in [1.82, 2.24) is 57.2 Å². The maximum atomic E-state index is 13.0.